The Bertz CT molecular complexity index is 975. The molecule has 2 amide bonds. The first-order valence-corrected chi connectivity index (χ1v) is 10.0. The molecule has 2 aromatic rings. The van der Waals surface area contributed by atoms with E-state index in [0.717, 1.165) is 18.4 Å². The van der Waals surface area contributed by atoms with E-state index in [1.54, 1.807) is 21.9 Å². The average Bonchev–Trinajstić information content (AvgIpc) is 3.17. The minimum Gasteiger partial charge on any atom is -0.452 e. The second kappa shape index (κ2) is 8.25. The highest BCUT2D eigenvalue weighted by Crippen LogP contribution is 2.30. The van der Waals surface area contributed by atoms with Crippen molar-refractivity contribution in [2.24, 2.45) is 0 Å². The molecule has 150 valence electrons. The molecule has 0 aliphatic carbocycles. The quantitative estimate of drug-likeness (QED) is 0.723. The summed E-state index contributed by atoms with van der Waals surface area (Å²) in [4.78, 5) is 40.2. The Morgan fingerprint density at radius 1 is 1.03 bits per heavy atom. The summed E-state index contributed by atoms with van der Waals surface area (Å²) >= 11 is 6.21. The average molecular weight is 413 g/mol. The lowest BCUT2D eigenvalue weighted by atomic mass is 10.00. The van der Waals surface area contributed by atoms with E-state index in [2.05, 4.69) is 6.07 Å². The fourth-order valence-electron chi connectivity index (χ4n) is 3.76. The molecular formula is C22H21ClN2O4. The molecule has 0 spiro atoms. The molecule has 0 N–H and O–H groups in total. The minimum atomic E-state index is -0.611. The van der Waals surface area contributed by atoms with Crippen LogP contribution in [0.3, 0.4) is 0 Å². The first-order valence-electron chi connectivity index (χ1n) is 9.64. The number of nitrogens with zero attached hydrogens (tertiary/aromatic N) is 2. The van der Waals surface area contributed by atoms with Crippen LogP contribution in [-0.4, -0.2) is 42.4 Å². The molecule has 6 nitrogen and oxygen atoms in total. The third-order valence-corrected chi connectivity index (χ3v) is 5.68. The summed E-state index contributed by atoms with van der Waals surface area (Å²) in [5.74, 6) is -0.852. The smallest absolute Gasteiger partial charge is 0.338 e. The van der Waals surface area contributed by atoms with Crippen LogP contribution in [0.15, 0.2) is 42.5 Å². The van der Waals surface area contributed by atoms with Gasteiger partial charge in [-0.05, 0) is 42.2 Å². The van der Waals surface area contributed by atoms with E-state index in [1.807, 2.05) is 18.2 Å². The molecule has 7 heteroatoms. The number of carbonyl (C=O) groups is 3. The maximum absolute atomic E-state index is 12.5. The van der Waals surface area contributed by atoms with E-state index in [9.17, 15) is 14.4 Å². The van der Waals surface area contributed by atoms with E-state index >= 15 is 0 Å². The molecule has 29 heavy (non-hydrogen) atoms. The molecule has 1 fully saturated rings. The van der Waals surface area contributed by atoms with E-state index in [-0.39, 0.29) is 24.0 Å². The van der Waals surface area contributed by atoms with Crippen molar-refractivity contribution < 1.29 is 19.1 Å². The predicted octanol–water partition coefficient (Wildman–Crippen LogP) is 3.21. The van der Waals surface area contributed by atoms with Gasteiger partial charge in [-0.25, -0.2) is 4.79 Å². The van der Waals surface area contributed by atoms with Gasteiger partial charge < -0.3 is 14.5 Å². The number of benzene rings is 2. The molecule has 2 heterocycles. The van der Waals surface area contributed by atoms with Crippen LogP contribution >= 0.6 is 11.6 Å². The fourth-order valence-corrected chi connectivity index (χ4v) is 3.98. The maximum Gasteiger partial charge on any atom is 0.338 e. The van der Waals surface area contributed by atoms with Crippen molar-refractivity contribution in [2.75, 3.05) is 24.6 Å². The summed E-state index contributed by atoms with van der Waals surface area (Å²) in [6.07, 6.45) is 2.02. The Labute approximate surface area is 174 Å². The summed E-state index contributed by atoms with van der Waals surface area (Å²) in [6, 6.07) is 12.7. The number of amides is 2. The third-order valence-electron chi connectivity index (χ3n) is 5.36. The zero-order valence-electron chi connectivity index (χ0n) is 15.9. The van der Waals surface area contributed by atoms with Crippen LogP contribution in [0, 0.1) is 0 Å². The summed E-state index contributed by atoms with van der Waals surface area (Å²) in [5.41, 5.74) is 3.14. The molecule has 0 atom stereocenters. The SMILES string of the molecule is O=C(OCC(=O)N1CCc2ccccc2C1)c1ccc(Cl)c(N2CCCC2=O)c1. The number of halogens is 1. The second-order valence-corrected chi connectivity index (χ2v) is 7.63. The van der Waals surface area contributed by atoms with Gasteiger partial charge in [-0.15, -0.1) is 0 Å². The lowest BCUT2D eigenvalue weighted by Gasteiger charge is -2.28. The van der Waals surface area contributed by atoms with Crippen molar-refractivity contribution in [1.82, 2.24) is 4.90 Å². The van der Waals surface area contributed by atoms with Crippen molar-refractivity contribution in [3.05, 3.63) is 64.2 Å². The molecule has 0 unspecified atom stereocenters. The highest BCUT2D eigenvalue weighted by Gasteiger charge is 2.25. The number of esters is 1. The minimum absolute atomic E-state index is 0.0158. The van der Waals surface area contributed by atoms with E-state index in [0.29, 0.717) is 36.8 Å². The number of anilines is 1. The standard InChI is InChI=1S/C22H21ClN2O4/c23-18-8-7-16(12-19(18)25-10-3-6-20(25)26)22(28)29-14-21(27)24-11-9-15-4-1-2-5-17(15)13-24/h1-2,4-5,7-8,12H,3,6,9-11,13-14H2. The Morgan fingerprint density at radius 3 is 2.59 bits per heavy atom. The van der Waals surface area contributed by atoms with Crippen LogP contribution in [-0.2, 0) is 27.3 Å². The van der Waals surface area contributed by atoms with Crippen LogP contribution in [0.25, 0.3) is 0 Å². The summed E-state index contributed by atoms with van der Waals surface area (Å²) in [7, 11) is 0. The Balaban J connectivity index is 1.39. The van der Waals surface area contributed by atoms with Gasteiger partial charge in [0, 0.05) is 26.1 Å². The van der Waals surface area contributed by atoms with E-state index in [4.69, 9.17) is 16.3 Å². The van der Waals surface area contributed by atoms with Crippen molar-refractivity contribution in [3.63, 3.8) is 0 Å². The van der Waals surface area contributed by atoms with Crippen molar-refractivity contribution in [1.29, 1.82) is 0 Å². The molecule has 0 radical (unpaired) electrons. The molecule has 0 aromatic heterocycles. The Hall–Kier alpha value is -2.86. The van der Waals surface area contributed by atoms with Gasteiger partial charge in [-0.3, -0.25) is 9.59 Å². The number of hydrogen-bond donors (Lipinski definition) is 0. The highest BCUT2D eigenvalue weighted by atomic mass is 35.5. The summed E-state index contributed by atoms with van der Waals surface area (Å²) in [5, 5.41) is 0.403. The fraction of sp³-hybridized carbons (Fsp3) is 0.318. The third kappa shape index (κ3) is 4.12. The van der Waals surface area contributed by atoms with Gasteiger partial charge in [-0.2, -0.15) is 0 Å². The molecular weight excluding hydrogens is 392 g/mol. The van der Waals surface area contributed by atoms with Crippen molar-refractivity contribution in [2.45, 2.75) is 25.8 Å². The van der Waals surface area contributed by atoms with Crippen LogP contribution in [0.2, 0.25) is 5.02 Å². The van der Waals surface area contributed by atoms with Crippen LogP contribution in [0.4, 0.5) is 5.69 Å². The Morgan fingerprint density at radius 2 is 1.83 bits per heavy atom. The molecule has 0 bridgehead atoms. The molecule has 2 aromatic carbocycles. The summed E-state index contributed by atoms with van der Waals surface area (Å²) in [6.45, 7) is 1.39. The molecule has 4 rings (SSSR count). The first kappa shape index (κ1) is 19.5. The van der Waals surface area contributed by atoms with Crippen LogP contribution in [0.1, 0.15) is 34.3 Å². The predicted molar refractivity (Wildman–Crippen MR) is 109 cm³/mol. The van der Waals surface area contributed by atoms with Gasteiger partial charge >= 0.3 is 5.97 Å². The van der Waals surface area contributed by atoms with Crippen LogP contribution in [0.5, 0.6) is 0 Å². The van der Waals surface area contributed by atoms with E-state index in [1.165, 1.54) is 11.6 Å². The first-order chi connectivity index (χ1) is 14.0. The number of fused-ring (bicyclic) bond motifs is 1. The normalized spacial score (nSPS) is 16.0. The zero-order chi connectivity index (χ0) is 20.4. The molecule has 2 aliphatic heterocycles. The molecule has 1 saturated heterocycles. The number of hydrogen-bond acceptors (Lipinski definition) is 4. The van der Waals surface area contributed by atoms with Gasteiger partial charge in [0.25, 0.3) is 5.91 Å². The van der Waals surface area contributed by atoms with Gasteiger partial charge in [0.1, 0.15) is 0 Å². The largest absolute Gasteiger partial charge is 0.452 e. The van der Waals surface area contributed by atoms with Gasteiger partial charge in [0.2, 0.25) is 5.91 Å². The highest BCUT2D eigenvalue weighted by molar-refractivity contribution is 6.34. The maximum atomic E-state index is 12.5. The molecule has 0 saturated carbocycles. The van der Waals surface area contributed by atoms with Crippen molar-refractivity contribution in [3.8, 4) is 0 Å². The number of ether oxygens (including phenoxy) is 1. The van der Waals surface area contributed by atoms with E-state index < -0.39 is 5.97 Å². The zero-order valence-corrected chi connectivity index (χ0v) is 16.7. The Kier molecular flexibility index (Phi) is 5.53. The van der Waals surface area contributed by atoms with Gasteiger partial charge in [-0.1, -0.05) is 35.9 Å². The van der Waals surface area contributed by atoms with Gasteiger partial charge in [0.15, 0.2) is 6.61 Å². The molecule has 2 aliphatic rings. The second-order valence-electron chi connectivity index (χ2n) is 7.23. The summed E-state index contributed by atoms with van der Waals surface area (Å²) < 4.78 is 5.24. The van der Waals surface area contributed by atoms with Crippen molar-refractivity contribution >= 4 is 35.1 Å². The number of rotatable bonds is 4. The van der Waals surface area contributed by atoms with Gasteiger partial charge in [0.05, 0.1) is 16.3 Å². The lowest BCUT2D eigenvalue weighted by molar-refractivity contribution is -0.135. The van der Waals surface area contributed by atoms with Crippen LogP contribution < -0.4 is 4.90 Å². The number of carbonyl (C=O) groups excluding carboxylic acids is 3. The lowest BCUT2D eigenvalue weighted by Crippen LogP contribution is -2.38. The topological polar surface area (TPSA) is 66.9 Å². The monoisotopic (exact) mass is 412 g/mol.